The Labute approximate surface area is 215 Å². The third-order valence-electron chi connectivity index (χ3n) is 5.08. The first-order valence-electron chi connectivity index (χ1n) is 10.4. The molecule has 0 aliphatic carbocycles. The summed E-state index contributed by atoms with van der Waals surface area (Å²) in [6, 6.07) is 9.89. The van der Waals surface area contributed by atoms with Gasteiger partial charge in [-0.2, -0.15) is 0 Å². The summed E-state index contributed by atoms with van der Waals surface area (Å²) in [5.74, 6) is -0.715. The molecule has 3 aromatic carbocycles. The lowest BCUT2D eigenvalue weighted by atomic mass is 10.1. The Kier molecular flexibility index (Phi) is 8.19. The molecule has 0 aliphatic heterocycles. The van der Waals surface area contributed by atoms with Gasteiger partial charge in [0, 0.05) is 19.1 Å². The predicted octanol–water partition coefficient (Wildman–Crippen LogP) is 3.52. The first-order chi connectivity index (χ1) is 17.8. The number of benzene rings is 3. The van der Waals surface area contributed by atoms with Crippen molar-refractivity contribution in [3.63, 3.8) is 0 Å². The van der Waals surface area contributed by atoms with E-state index in [1.165, 1.54) is 0 Å². The number of nitrogens with zero attached hydrogens (tertiary/aromatic N) is 3. The molecule has 0 amide bonds. The fourth-order valence-corrected chi connectivity index (χ4v) is 7.75. The van der Waals surface area contributed by atoms with Crippen LogP contribution in [0.3, 0.4) is 0 Å². The highest BCUT2D eigenvalue weighted by Crippen LogP contribution is 2.39. The Balaban J connectivity index is 2.34. The molecule has 0 bridgehead atoms. The third kappa shape index (κ3) is 5.51. The zero-order valence-corrected chi connectivity index (χ0v) is 21.0. The lowest BCUT2D eigenvalue weighted by Crippen LogP contribution is -2.41. The van der Waals surface area contributed by atoms with Gasteiger partial charge in [-0.05, 0) is 29.8 Å². The van der Waals surface area contributed by atoms with Gasteiger partial charge < -0.3 is 4.74 Å². The predicted molar refractivity (Wildman–Crippen MR) is 129 cm³/mol. The van der Waals surface area contributed by atoms with Gasteiger partial charge in [-0.25, -0.2) is 21.2 Å². The molecule has 0 radical (unpaired) electrons. The Morgan fingerprint density at radius 2 is 1.26 bits per heavy atom. The van der Waals surface area contributed by atoms with E-state index in [1.807, 2.05) is 0 Å². The number of para-hydroxylation sites is 2. The number of ether oxygens (including phenoxy) is 1. The molecule has 200 valence electrons. The van der Waals surface area contributed by atoms with Crippen molar-refractivity contribution in [3.05, 3.63) is 98.6 Å². The van der Waals surface area contributed by atoms with Crippen LogP contribution < -0.4 is 4.74 Å². The van der Waals surface area contributed by atoms with E-state index < -0.39 is 69.7 Å². The normalized spacial score (nSPS) is 12.6. The molecule has 0 heterocycles. The van der Waals surface area contributed by atoms with Crippen LogP contribution in [0.5, 0.6) is 5.75 Å². The van der Waals surface area contributed by atoms with Crippen LogP contribution in [-0.4, -0.2) is 43.0 Å². The molecule has 3 aromatic rings. The van der Waals surface area contributed by atoms with Gasteiger partial charge in [0.2, 0.25) is 0 Å². The molecule has 16 heteroatoms. The van der Waals surface area contributed by atoms with E-state index in [0.29, 0.717) is 0 Å². The molecule has 0 saturated carbocycles. The maximum Gasteiger partial charge on any atom is 0.308 e. The van der Waals surface area contributed by atoms with Gasteiger partial charge in [0.25, 0.3) is 31.4 Å². The van der Waals surface area contributed by atoms with Crippen LogP contribution in [0.25, 0.3) is 0 Å². The molecule has 0 saturated heterocycles. The molecular formula is C22H18FN3O10S2. The summed E-state index contributed by atoms with van der Waals surface area (Å²) in [6.07, 6.45) is 0. The molecule has 1 unspecified atom stereocenters. The Hall–Kier alpha value is -4.28. The smallest absolute Gasteiger partial charge is 0.308 e. The number of hydrogen-bond donors (Lipinski definition) is 0. The van der Waals surface area contributed by atoms with E-state index in [-0.39, 0.29) is 15.0 Å². The van der Waals surface area contributed by atoms with Gasteiger partial charge in [0.1, 0.15) is 12.4 Å². The number of halogens is 1. The van der Waals surface area contributed by atoms with Gasteiger partial charge in [-0.3, -0.25) is 25.0 Å². The van der Waals surface area contributed by atoms with Crippen molar-refractivity contribution < 1.29 is 40.6 Å². The monoisotopic (exact) mass is 567 g/mol. The molecule has 38 heavy (non-hydrogen) atoms. The van der Waals surface area contributed by atoms with Gasteiger partial charge >= 0.3 is 5.97 Å². The van der Waals surface area contributed by atoms with Gasteiger partial charge in [-0.1, -0.05) is 40.1 Å². The highest BCUT2D eigenvalue weighted by atomic mass is 32.3. The average molecular weight is 568 g/mol. The molecule has 13 nitrogen and oxygen atoms in total. The quantitative estimate of drug-likeness (QED) is 0.152. The Morgan fingerprint density at radius 1 is 0.842 bits per heavy atom. The van der Waals surface area contributed by atoms with Crippen molar-refractivity contribution in [3.8, 4) is 5.75 Å². The molecule has 0 aromatic heterocycles. The lowest BCUT2D eigenvalue weighted by molar-refractivity contribution is -0.388. The van der Waals surface area contributed by atoms with E-state index >= 15 is 0 Å². The maximum absolute atomic E-state index is 14.6. The molecule has 0 N–H and O–H groups in total. The number of carbonyl (C=O) groups excluding carboxylic acids is 1. The average Bonchev–Trinajstić information content (AvgIpc) is 2.87. The zero-order chi connectivity index (χ0) is 28.3. The summed E-state index contributed by atoms with van der Waals surface area (Å²) in [5, 5.41) is 23.1. The van der Waals surface area contributed by atoms with Crippen LogP contribution in [0, 0.1) is 20.2 Å². The summed E-state index contributed by atoms with van der Waals surface area (Å²) in [6.45, 7) is -0.550. The minimum absolute atomic E-state index is 0.0199. The number of carbonyl (C=O) groups is 1. The second kappa shape index (κ2) is 11.0. The fourth-order valence-electron chi connectivity index (χ4n) is 3.50. The van der Waals surface area contributed by atoms with E-state index in [1.54, 1.807) is 0 Å². The topological polar surface area (TPSA) is 184 Å². The van der Waals surface area contributed by atoms with Gasteiger partial charge in [0.05, 0.1) is 15.9 Å². The fraction of sp³-hybridized carbons (Fsp3) is 0.136. The molecule has 1 atom stereocenters. The first kappa shape index (κ1) is 28.3. The second-order valence-electron chi connectivity index (χ2n) is 7.52. The van der Waals surface area contributed by atoms with Crippen molar-refractivity contribution in [2.24, 2.45) is 0 Å². The van der Waals surface area contributed by atoms with Crippen molar-refractivity contribution in [1.82, 2.24) is 3.71 Å². The van der Waals surface area contributed by atoms with E-state index in [0.717, 1.165) is 79.7 Å². The lowest BCUT2D eigenvalue weighted by Gasteiger charge is -2.28. The number of hydrogen-bond acceptors (Lipinski definition) is 10. The number of nitro groups is 2. The van der Waals surface area contributed by atoms with Gasteiger partial charge in [0.15, 0.2) is 9.79 Å². The molecular weight excluding hydrogens is 549 g/mol. The molecule has 3 rings (SSSR count). The number of esters is 1. The van der Waals surface area contributed by atoms with Crippen molar-refractivity contribution in [1.29, 1.82) is 0 Å². The molecule has 0 fully saturated rings. The molecule has 0 aliphatic rings. The largest absolute Gasteiger partial charge is 0.427 e. The Morgan fingerprint density at radius 3 is 1.63 bits per heavy atom. The van der Waals surface area contributed by atoms with E-state index in [9.17, 15) is 46.2 Å². The number of sulfonamides is 2. The van der Waals surface area contributed by atoms with Crippen LogP contribution >= 0.6 is 0 Å². The zero-order valence-electron chi connectivity index (χ0n) is 19.3. The summed E-state index contributed by atoms with van der Waals surface area (Å²) >= 11 is 0. The number of alkyl halides is 1. The second-order valence-corrected chi connectivity index (χ2v) is 11.3. The SMILES string of the molecule is CC(=O)Oc1ccc(C(CF)N(S(=O)(=O)c2ccccc2[N+](=O)[O-])S(=O)(=O)c2ccccc2[N+](=O)[O-])cc1. The van der Waals surface area contributed by atoms with E-state index in [2.05, 4.69) is 0 Å². The van der Waals surface area contributed by atoms with Crippen LogP contribution in [0.1, 0.15) is 18.5 Å². The number of nitro benzene ring substituents is 2. The van der Waals surface area contributed by atoms with Crippen LogP contribution in [0.15, 0.2) is 82.6 Å². The summed E-state index contributed by atoms with van der Waals surface area (Å²) in [4.78, 5) is 30.0. The van der Waals surface area contributed by atoms with Gasteiger partial charge in [-0.15, -0.1) is 0 Å². The summed E-state index contributed by atoms with van der Waals surface area (Å²) < 4.78 is 74.3. The third-order valence-corrected chi connectivity index (χ3v) is 9.52. The van der Waals surface area contributed by atoms with Crippen LogP contribution in [0.2, 0.25) is 0 Å². The van der Waals surface area contributed by atoms with Crippen molar-refractivity contribution >= 4 is 37.4 Å². The standard InChI is InChI=1S/C22H18FN3O10S2/c1-15(27)36-17-12-10-16(11-13-17)20(14-23)26(37(32,33)21-8-4-2-6-18(21)24(28)29)38(34,35)22-9-5-3-7-19(22)25(30)31/h2-13,20H,14H2,1H3. The summed E-state index contributed by atoms with van der Waals surface area (Å²) in [7, 11) is -10.9. The first-order valence-corrected chi connectivity index (χ1v) is 13.3. The number of rotatable bonds is 10. The van der Waals surface area contributed by atoms with Crippen LogP contribution in [0.4, 0.5) is 15.8 Å². The minimum Gasteiger partial charge on any atom is -0.427 e. The van der Waals surface area contributed by atoms with Crippen molar-refractivity contribution in [2.75, 3.05) is 6.67 Å². The maximum atomic E-state index is 14.6. The molecule has 0 spiro atoms. The highest BCUT2D eigenvalue weighted by Gasteiger charge is 2.47. The van der Waals surface area contributed by atoms with E-state index in [4.69, 9.17) is 4.74 Å². The summed E-state index contributed by atoms with van der Waals surface area (Å²) in [5.41, 5.74) is -2.26. The highest BCUT2D eigenvalue weighted by molar-refractivity contribution is 8.04. The van der Waals surface area contributed by atoms with Crippen molar-refractivity contribution in [2.45, 2.75) is 22.8 Å². The Bertz CT molecular complexity index is 1520. The van der Waals surface area contributed by atoms with Crippen LogP contribution in [-0.2, 0) is 24.8 Å². The minimum atomic E-state index is -5.46.